The van der Waals surface area contributed by atoms with E-state index in [1.807, 2.05) is 12.1 Å². The lowest BCUT2D eigenvalue weighted by molar-refractivity contribution is -0.384. The summed E-state index contributed by atoms with van der Waals surface area (Å²) in [6, 6.07) is 30.2. The number of nitrogens with one attached hydrogen (secondary N) is 1. The molecule has 44 heavy (non-hydrogen) atoms. The summed E-state index contributed by atoms with van der Waals surface area (Å²) < 4.78 is 4.85. The Morgan fingerprint density at radius 1 is 0.932 bits per heavy atom. The van der Waals surface area contributed by atoms with E-state index in [0.717, 1.165) is 31.5 Å². The summed E-state index contributed by atoms with van der Waals surface area (Å²) in [4.78, 5) is 43.3. The third-order valence-corrected chi connectivity index (χ3v) is 8.74. The summed E-state index contributed by atoms with van der Waals surface area (Å²) >= 11 is 0. The number of non-ortho nitro benzene ring substituents is 1. The number of rotatable bonds is 10. The fraction of sp³-hybridized carbons (Fsp3) is 0.286. The van der Waals surface area contributed by atoms with Crippen molar-refractivity contribution >= 4 is 17.6 Å². The predicted molar refractivity (Wildman–Crippen MR) is 167 cm³/mol. The van der Waals surface area contributed by atoms with Crippen molar-refractivity contribution in [3.63, 3.8) is 0 Å². The number of aromatic nitrogens is 1. The van der Waals surface area contributed by atoms with E-state index in [2.05, 4.69) is 70.7 Å². The number of nitro groups is 1. The summed E-state index contributed by atoms with van der Waals surface area (Å²) in [6.45, 7) is 3.86. The topological polar surface area (TPSA) is 115 Å². The molecule has 2 heterocycles. The number of esters is 1. The lowest BCUT2D eigenvalue weighted by atomic mass is 9.68. The minimum absolute atomic E-state index is 0.0289. The molecule has 4 aromatic rings. The van der Waals surface area contributed by atoms with Gasteiger partial charge in [0.25, 0.3) is 11.6 Å². The van der Waals surface area contributed by atoms with Crippen LogP contribution in [-0.4, -0.2) is 52.9 Å². The zero-order valence-electron chi connectivity index (χ0n) is 24.9. The Bertz CT molecular complexity index is 1550. The normalized spacial score (nSPS) is 16.0. The number of carbonyl (C=O) groups excluding carboxylic acids is 2. The Labute approximate surface area is 257 Å². The van der Waals surface area contributed by atoms with Crippen LogP contribution < -0.4 is 5.32 Å². The Hall–Kier alpha value is -4.89. The SMILES string of the molecule is COC(=O)c1cccnc1C(=O)NC(CC(C)N1CCC(c2ccccc2)(c2ccccc2)CC1)c1ccc([N+](=O)[O-])cc1. The van der Waals surface area contributed by atoms with Gasteiger partial charge in [0.1, 0.15) is 5.69 Å². The molecule has 0 aliphatic carbocycles. The molecule has 0 radical (unpaired) electrons. The van der Waals surface area contributed by atoms with Gasteiger partial charge < -0.3 is 15.0 Å². The van der Waals surface area contributed by atoms with Gasteiger partial charge in [-0.05, 0) is 68.1 Å². The molecule has 1 aliphatic rings. The monoisotopic (exact) mass is 592 g/mol. The van der Waals surface area contributed by atoms with Gasteiger partial charge in [0.2, 0.25) is 0 Å². The molecule has 1 N–H and O–H groups in total. The largest absolute Gasteiger partial charge is 0.465 e. The smallest absolute Gasteiger partial charge is 0.340 e. The van der Waals surface area contributed by atoms with Gasteiger partial charge in [-0.1, -0.05) is 72.8 Å². The number of carbonyl (C=O) groups is 2. The highest BCUT2D eigenvalue weighted by molar-refractivity contribution is 6.03. The number of amides is 1. The van der Waals surface area contributed by atoms with Gasteiger partial charge in [-0.3, -0.25) is 19.9 Å². The number of hydrogen-bond donors (Lipinski definition) is 1. The Kier molecular flexibility index (Phi) is 9.45. The molecule has 0 saturated carbocycles. The van der Waals surface area contributed by atoms with E-state index in [1.165, 1.54) is 42.6 Å². The van der Waals surface area contributed by atoms with Gasteiger partial charge in [0, 0.05) is 29.8 Å². The number of likely N-dealkylation sites (tertiary alicyclic amines) is 1. The lowest BCUT2D eigenvalue weighted by Crippen LogP contribution is -2.47. The minimum atomic E-state index is -0.655. The van der Waals surface area contributed by atoms with Crippen molar-refractivity contribution in [2.75, 3.05) is 20.2 Å². The van der Waals surface area contributed by atoms with E-state index in [1.54, 1.807) is 18.2 Å². The van der Waals surface area contributed by atoms with E-state index >= 15 is 0 Å². The van der Waals surface area contributed by atoms with Gasteiger partial charge in [-0.15, -0.1) is 0 Å². The first kappa shape index (κ1) is 30.6. The van der Waals surface area contributed by atoms with Crippen molar-refractivity contribution in [3.8, 4) is 0 Å². The van der Waals surface area contributed by atoms with E-state index in [-0.39, 0.29) is 28.4 Å². The highest BCUT2D eigenvalue weighted by Crippen LogP contribution is 2.42. The van der Waals surface area contributed by atoms with Gasteiger partial charge in [0.05, 0.1) is 23.6 Å². The minimum Gasteiger partial charge on any atom is -0.465 e. The van der Waals surface area contributed by atoms with Crippen LogP contribution in [0.25, 0.3) is 0 Å². The van der Waals surface area contributed by atoms with Crippen LogP contribution in [0.1, 0.15) is 69.8 Å². The van der Waals surface area contributed by atoms with Gasteiger partial charge in [-0.2, -0.15) is 0 Å². The first-order chi connectivity index (χ1) is 21.3. The molecule has 0 bridgehead atoms. The molecule has 0 spiro atoms. The second kappa shape index (κ2) is 13.6. The van der Waals surface area contributed by atoms with Crippen molar-refractivity contribution in [1.82, 2.24) is 15.2 Å². The fourth-order valence-corrected chi connectivity index (χ4v) is 6.29. The molecule has 9 nitrogen and oxygen atoms in total. The summed E-state index contributed by atoms with van der Waals surface area (Å²) in [5.41, 5.74) is 3.26. The zero-order valence-corrected chi connectivity index (χ0v) is 24.9. The van der Waals surface area contributed by atoms with Crippen LogP contribution in [-0.2, 0) is 10.2 Å². The number of methoxy groups -OCH3 is 1. The molecule has 3 aromatic carbocycles. The predicted octanol–water partition coefficient (Wildman–Crippen LogP) is 6.11. The second-order valence-electron chi connectivity index (χ2n) is 11.2. The highest BCUT2D eigenvalue weighted by Gasteiger charge is 2.39. The van der Waals surface area contributed by atoms with Gasteiger partial charge in [-0.25, -0.2) is 4.79 Å². The third-order valence-electron chi connectivity index (χ3n) is 8.74. The number of benzene rings is 3. The van der Waals surface area contributed by atoms with Crippen LogP contribution in [0.2, 0.25) is 0 Å². The molecule has 226 valence electrons. The Morgan fingerprint density at radius 3 is 2.07 bits per heavy atom. The lowest BCUT2D eigenvalue weighted by Gasteiger charge is -2.45. The van der Waals surface area contributed by atoms with E-state index in [4.69, 9.17) is 4.74 Å². The number of nitro benzene ring substituents is 1. The molecule has 2 atom stereocenters. The summed E-state index contributed by atoms with van der Waals surface area (Å²) in [5, 5.41) is 14.3. The van der Waals surface area contributed by atoms with E-state index in [9.17, 15) is 19.7 Å². The standard InChI is InChI=1S/C35H36N4O5/c1-25(38-22-19-35(20-23-38,27-10-5-3-6-11-27)28-12-7-4-8-13-28)24-31(26-15-17-29(18-16-26)39(42)43)37-33(40)32-30(34(41)44-2)14-9-21-36-32/h3-18,21,25,31H,19-20,22-24H2,1-2H3,(H,37,40). The molecule has 1 saturated heterocycles. The molecule has 9 heteroatoms. The summed E-state index contributed by atoms with van der Waals surface area (Å²) in [6.07, 6.45) is 3.88. The maximum absolute atomic E-state index is 13.5. The molecular weight excluding hydrogens is 556 g/mol. The number of ether oxygens (including phenoxy) is 1. The van der Waals surface area contributed by atoms with Crippen LogP contribution in [0.3, 0.4) is 0 Å². The summed E-state index contributed by atoms with van der Waals surface area (Å²) in [7, 11) is 1.25. The molecule has 1 amide bonds. The van der Waals surface area contributed by atoms with Crippen molar-refractivity contribution in [2.45, 2.75) is 43.7 Å². The van der Waals surface area contributed by atoms with Crippen LogP contribution in [0.5, 0.6) is 0 Å². The first-order valence-electron chi connectivity index (χ1n) is 14.8. The molecule has 1 fully saturated rings. The molecule has 1 aromatic heterocycles. The van der Waals surface area contributed by atoms with Crippen LogP contribution >= 0.6 is 0 Å². The molecular formula is C35H36N4O5. The van der Waals surface area contributed by atoms with E-state index < -0.39 is 22.8 Å². The van der Waals surface area contributed by atoms with Crippen molar-refractivity contribution < 1.29 is 19.2 Å². The number of piperidine rings is 1. The number of pyridine rings is 1. The van der Waals surface area contributed by atoms with Gasteiger partial charge >= 0.3 is 5.97 Å². The third kappa shape index (κ3) is 6.53. The maximum Gasteiger partial charge on any atom is 0.340 e. The first-order valence-corrected chi connectivity index (χ1v) is 14.8. The second-order valence-corrected chi connectivity index (χ2v) is 11.2. The highest BCUT2D eigenvalue weighted by atomic mass is 16.6. The zero-order chi connectivity index (χ0) is 31.1. The molecule has 1 aliphatic heterocycles. The maximum atomic E-state index is 13.5. The van der Waals surface area contributed by atoms with Crippen LogP contribution in [0.15, 0.2) is 103 Å². The number of hydrogen-bond acceptors (Lipinski definition) is 7. The van der Waals surface area contributed by atoms with E-state index in [0.29, 0.717) is 6.42 Å². The number of nitrogens with zero attached hydrogens (tertiary/aromatic N) is 3. The molecule has 2 unspecified atom stereocenters. The van der Waals surface area contributed by atoms with Crippen LogP contribution in [0, 0.1) is 10.1 Å². The van der Waals surface area contributed by atoms with Gasteiger partial charge in [0.15, 0.2) is 0 Å². The Balaban J connectivity index is 1.37. The quantitative estimate of drug-likeness (QED) is 0.134. The molecule has 5 rings (SSSR count). The average molecular weight is 593 g/mol. The summed E-state index contributed by atoms with van der Waals surface area (Å²) in [5.74, 6) is -1.18. The van der Waals surface area contributed by atoms with Crippen LogP contribution in [0.4, 0.5) is 5.69 Å². The average Bonchev–Trinajstić information content (AvgIpc) is 3.08. The van der Waals surface area contributed by atoms with Crippen molar-refractivity contribution in [3.05, 3.63) is 141 Å². The van der Waals surface area contributed by atoms with Crippen molar-refractivity contribution in [2.24, 2.45) is 0 Å². The Morgan fingerprint density at radius 2 is 1.52 bits per heavy atom. The van der Waals surface area contributed by atoms with Crippen molar-refractivity contribution in [1.29, 1.82) is 0 Å². The fourth-order valence-electron chi connectivity index (χ4n) is 6.29.